The molecular weight excluding hydrogens is 847 g/mol. The van der Waals surface area contributed by atoms with Crippen molar-refractivity contribution in [2.24, 2.45) is 0 Å². The number of rotatable bonds is 49. The molecule has 396 valence electrons. The SMILES string of the molecule is CCCCCCCCC/C=C/C(O)C(COC1OC(CO)C(O)C(O)C1O)NC(=O)CCCCCCCCCCCCCCOC(=O)CCCCCCCCCCCCCCCCCCCC. The molecule has 1 fully saturated rings. The summed E-state index contributed by atoms with van der Waals surface area (Å²) in [5, 5.41) is 54.1. The molecule has 7 unspecified atom stereocenters. The van der Waals surface area contributed by atoms with Gasteiger partial charge in [0, 0.05) is 12.8 Å². The van der Waals surface area contributed by atoms with Crippen molar-refractivity contribution in [3.63, 3.8) is 0 Å². The summed E-state index contributed by atoms with van der Waals surface area (Å²) < 4.78 is 16.7. The summed E-state index contributed by atoms with van der Waals surface area (Å²) in [6.45, 7) is 4.27. The number of hydrogen-bond acceptors (Lipinski definition) is 10. The first kappa shape index (κ1) is 63.4. The van der Waals surface area contributed by atoms with E-state index in [1.165, 1.54) is 173 Å². The third-order valence-electron chi connectivity index (χ3n) is 13.7. The minimum absolute atomic E-state index is 0.0288. The number of ether oxygens (including phenoxy) is 3. The second-order valence-electron chi connectivity index (χ2n) is 20.0. The first-order valence-corrected chi connectivity index (χ1v) is 28.5. The van der Waals surface area contributed by atoms with Gasteiger partial charge in [-0.3, -0.25) is 9.59 Å². The van der Waals surface area contributed by atoms with Crippen molar-refractivity contribution < 1.29 is 49.3 Å². The second kappa shape index (κ2) is 46.8. The first-order chi connectivity index (χ1) is 32.7. The summed E-state index contributed by atoms with van der Waals surface area (Å²) >= 11 is 0. The molecule has 11 heteroatoms. The van der Waals surface area contributed by atoms with Crippen LogP contribution in [0.2, 0.25) is 0 Å². The fourth-order valence-corrected chi connectivity index (χ4v) is 9.08. The Morgan fingerprint density at radius 2 is 0.940 bits per heavy atom. The second-order valence-corrected chi connectivity index (χ2v) is 20.0. The molecule has 7 atom stereocenters. The third kappa shape index (κ3) is 36.9. The summed E-state index contributed by atoms with van der Waals surface area (Å²) in [7, 11) is 0. The van der Waals surface area contributed by atoms with Crippen LogP contribution in [-0.2, 0) is 23.8 Å². The normalized spacial score (nSPS) is 19.5. The van der Waals surface area contributed by atoms with E-state index in [2.05, 4.69) is 19.2 Å². The van der Waals surface area contributed by atoms with Crippen molar-refractivity contribution >= 4 is 11.9 Å². The Kier molecular flexibility index (Phi) is 44.3. The van der Waals surface area contributed by atoms with Gasteiger partial charge in [0.05, 0.1) is 32.0 Å². The Morgan fingerprint density at radius 3 is 1.39 bits per heavy atom. The fourth-order valence-electron chi connectivity index (χ4n) is 9.08. The highest BCUT2D eigenvalue weighted by Gasteiger charge is 2.44. The number of amides is 1. The van der Waals surface area contributed by atoms with E-state index in [1.54, 1.807) is 6.08 Å². The molecule has 0 radical (unpaired) electrons. The highest BCUT2D eigenvalue weighted by Crippen LogP contribution is 2.23. The lowest BCUT2D eigenvalue weighted by atomic mass is 9.99. The summed E-state index contributed by atoms with van der Waals surface area (Å²) in [4.78, 5) is 25.1. The molecule has 0 saturated carbocycles. The van der Waals surface area contributed by atoms with Crippen LogP contribution in [0.1, 0.15) is 271 Å². The van der Waals surface area contributed by atoms with Crippen LogP contribution < -0.4 is 5.32 Å². The van der Waals surface area contributed by atoms with Crippen molar-refractivity contribution in [1.29, 1.82) is 0 Å². The van der Waals surface area contributed by atoms with Gasteiger partial charge in [0.25, 0.3) is 0 Å². The van der Waals surface area contributed by atoms with E-state index >= 15 is 0 Å². The van der Waals surface area contributed by atoms with Crippen molar-refractivity contribution in [3.05, 3.63) is 12.2 Å². The van der Waals surface area contributed by atoms with Crippen LogP contribution in [0, 0.1) is 0 Å². The standard InChI is InChI=1S/C56H107NO10/c1-3-5-7-9-11-13-14-15-16-17-18-19-20-24-28-32-36-40-44-52(61)65-45-41-37-33-29-25-22-21-23-27-31-35-39-43-51(60)57-48(49(59)42-38-34-30-26-12-10-8-6-4-2)47-66-56-55(64)54(63)53(62)50(46-58)67-56/h38,42,48-50,53-56,58-59,62-64H,3-37,39-41,43-47H2,1-2H3,(H,57,60)/b42-38+. The Labute approximate surface area is 410 Å². The fraction of sp³-hybridized carbons (Fsp3) is 0.929. The van der Waals surface area contributed by atoms with Gasteiger partial charge in [-0.15, -0.1) is 0 Å². The molecule has 1 aliphatic rings. The lowest BCUT2D eigenvalue weighted by Gasteiger charge is -2.40. The maximum atomic E-state index is 13.0. The lowest BCUT2D eigenvalue weighted by molar-refractivity contribution is -0.302. The van der Waals surface area contributed by atoms with Crippen molar-refractivity contribution in [3.8, 4) is 0 Å². The van der Waals surface area contributed by atoms with Gasteiger partial charge < -0.3 is 45.1 Å². The van der Waals surface area contributed by atoms with Gasteiger partial charge in [-0.1, -0.05) is 238 Å². The first-order valence-electron chi connectivity index (χ1n) is 28.5. The summed E-state index contributed by atoms with van der Waals surface area (Å²) in [6, 6.07) is -0.819. The number of hydrogen-bond donors (Lipinski definition) is 6. The molecule has 1 heterocycles. The summed E-state index contributed by atoms with van der Waals surface area (Å²) in [5.41, 5.74) is 0. The maximum Gasteiger partial charge on any atom is 0.305 e. The molecule has 67 heavy (non-hydrogen) atoms. The molecule has 0 aromatic carbocycles. The van der Waals surface area contributed by atoms with Crippen LogP contribution in [0.15, 0.2) is 12.2 Å². The average molecular weight is 954 g/mol. The molecule has 0 aliphatic carbocycles. The van der Waals surface area contributed by atoms with Gasteiger partial charge in [0.2, 0.25) is 5.91 Å². The Morgan fingerprint density at radius 1 is 0.537 bits per heavy atom. The molecule has 1 amide bonds. The zero-order chi connectivity index (χ0) is 48.8. The van der Waals surface area contributed by atoms with Gasteiger partial charge in [-0.25, -0.2) is 0 Å². The Balaban J connectivity index is 2.06. The van der Waals surface area contributed by atoms with E-state index in [1.807, 2.05) is 6.08 Å². The number of nitrogens with one attached hydrogen (secondary N) is 1. The topological polar surface area (TPSA) is 175 Å². The number of aliphatic hydroxyl groups excluding tert-OH is 5. The van der Waals surface area contributed by atoms with Gasteiger partial charge in [0.1, 0.15) is 24.4 Å². The van der Waals surface area contributed by atoms with E-state index in [0.717, 1.165) is 70.6 Å². The predicted octanol–water partition coefficient (Wildman–Crippen LogP) is 12.4. The third-order valence-corrected chi connectivity index (χ3v) is 13.7. The molecule has 1 rings (SSSR count). The molecule has 0 aromatic heterocycles. The minimum atomic E-state index is -1.57. The highest BCUT2D eigenvalue weighted by molar-refractivity contribution is 5.76. The van der Waals surface area contributed by atoms with Crippen molar-refractivity contribution in [2.45, 2.75) is 314 Å². The quantitative estimate of drug-likeness (QED) is 0.0196. The number of esters is 1. The van der Waals surface area contributed by atoms with E-state index in [-0.39, 0.29) is 18.5 Å². The van der Waals surface area contributed by atoms with Gasteiger partial charge in [-0.2, -0.15) is 0 Å². The molecule has 0 bridgehead atoms. The van der Waals surface area contributed by atoms with Crippen molar-refractivity contribution in [1.82, 2.24) is 5.32 Å². The van der Waals surface area contributed by atoms with E-state index in [0.29, 0.717) is 19.4 Å². The molecule has 11 nitrogen and oxygen atoms in total. The van der Waals surface area contributed by atoms with E-state index in [9.17, 15) is 35.1 Å². The van der Waals surface area contributed by atoms with Crippen LogP contribution in [0.25, 0.3) is 0 Å². The number of aliphatic hydroxyl groups is 5. The van der Waals surface area contributed by atoms with Crippen molar-refractivity contribution in [2.75, 3.05) is 19.8 Å². The highest BCUT2D eigenvalue weighted by atomic mass is 16.7. The number of allylic oxidation sites excluding steroid dienone is 1. The van der Waals surface area contributed by atoms with Gasteiger partial charge >= 0.3 is 5.97 Å². The number of carbonyl (C=O) groups excluding carboxylic acids is 2. The molecule has 6 N–H and O–H groups in total. The monoisotopic (exact) mass is 954 g/mol. The molecular formula is C56H107NO10. The Hall–Kier alpha value is -1.60. The number of carbonyl (C=O) groups is 2. The molecule has 0 aromatic rings. The van der Waals surface area contributed by atoms with Crippen LogP contribution in [0.4, 0.5) is 0 Å². The number of unbranched alkanes of at least 4 members (excludes halogenated alkanes) is 35. The van der Waals surface area contributed by atoms with Crippen LogP contribution in [0.3, 0.4) is 0 Å². The lowest BCUT2D eigenvalue weighted by Crippen LogP contribution is -2.60. The predicted molar refractivity (Wildman–Crippen MR) is 274 cm³/mol. The summed E-state index contributed by atoms with van der Waals surface area (Å²) in [6.07, 6.45) is 43.0. The summed E-state index contributed by atoms with van der Waals surface area (Å²) in [5.74, 6) is -0.227. The largest absolute Gasteiger partial charge is 0.466 e. The molecule has 0 spiro atoms. The molecule has 1 saturated heterocycles. The minimum Gasteiger partial charge on any atom is -0.466 e. The van der Waals surface area contributed by atoms with Gasteiger partial charge in [0.15, 0.2) is 6.29 Å². The van der Waals surface area contributed by atoms with Crippen LogP contribution in [0.5, 0.6) is 0 Å². The molecule has 1 aliphatic heterocycles. The zero-order valence-electron chi connectivity index (χ0n) is 43.4. The zero-order valence-corrected chi connectivity index (χ0v) is 43.4. The van der Waals surface area contributed by atoms with E-state index in [4.69, 9.17) is 14.2 Å². The van der Waals surface area contributed by atoms with Crippen LogP contribution in [-0.4, -0.2) is 100 Å². The average Bonchev–Trinajstić information content (AvgIpc) is 3.32. The van der Waals surface area contributed by atoms with E-state index < -0.39 is 49.5 Å². The van der Waals surface area contributed by atoms with Gasteiger partial charge in [-0.05, 0) is 32.1 Å². The smallest absolute Gasteiger partial charge is 0.305 e. The Bertz CT molecular complexity index is 1120. The maximum absolute atomic E-state index is 13.0. The van der Waals surface area contributed by atoms with Crippen LogP contribution >= 0.6 is 0 Å².